The molecule has 55 heavy (non-hydrogen) atoms. The molecule has 0 bridgehead atoms. The van der Waals surface area contributed by atoms with E-state index in [9.17, 15) is 32.9 Å². The van der Waals surface area contributed by atoms with Gasteiger partial charge in [0.2, 0.25) is 11.8 Å². The van der Waals surface area contributed by atoms with Gasteiger partial charge in [0.25, 0.3) is 21.6 Å². The monoisotopic (exact) mass is 789 g/mol. The zero-order valence-corrected chi connectivity index (χ0v) is 33.0. The van der Waals surface area contributed by atoms with Gasteiger partial charge < -0.3 is 20.3 Å². The molecule has 0 heterocycles. The number of hydrogen-bond donors (Lipinski definition) is 3. The molecule has 0 fully saturated rings. The van der Waals surface area contributed by atoms with E-state index in [1.807, 2.05) is 53.3 Å². The number of nitro groups is 1. The molecule has 0 aliphatic rings. The van der Waals surface area contributed by atoms with E-state index in [-0.39, 0.29) is 29.5 Å². The van der Waals surface area contributed by atoms with Crippen LogP contribution < -0.4 is 20.1 Å². The highest BCUT2D eigenvalue weighted by Crippen LogP contribution is 2.33. The number of anilines is 1. The third-order valence-electron chi connectivity index (χ3n) is 8.64. The van der Waals surface area contributed by atoms with Crippen LogP contribution in [0.2, 0.25) is 0 Å². The van der Waals surface area contributed by atoms with Gasteiger partial charge in [-0.05, 0) is 66.4 Å². The number of aryl methyl sites for hydroxylation is 1. The van der Waals surface area contributed by atoms with E-state index in [2.05, 4.69) is 17.6 Å². The van der Waals surface area contributed by atoms with Crippen molar-refractivity contribution >= 4 is 50.9 Å². The minimum Gasteiger partial charge on any atom is -0.496 e. The Bertz CT molecular complexity index is 2060. The zero-order chi connectivity index (χ0) is 40.0. The molecule has 3 N–H and O–H groups in total. The molecule has 3 amide bonds. The van der Waals surface area contributed by atoms with E-state index >= 15 is 0 Å². The normalized spacial score (nSPS) is 11.6. The van der Waals surface area contributed by atoms with Gasteiger partial charge >= 0.3 is 0 Å². The molecule has 13 nitrogen and oxygen atoms in total. The molecule has 0 aliphatic carbocycles. The van der Waals surface area contributed by atoms with Gasteiger partial charge in [0.05, 0.1) is 16.9 Å². The quantitative estimate of drug-likeness (QED) is 0.0379. The molecular weight excluding hydrogens is 743 g/mol. The van der Waals surface area contributed by atoms with Gasteiger partial charge in [0.1, 0.15) is 11.4 Å². The molecule has 0 radical (unpaired) electrons. The maximum absolute atomic E-state index is 13.3. The molecule has 0 unspecified atom stereocenters. The van der Waals surface area contributed by atoms with Crippen molar-refractivity contribution in [3.8, 4) is 16.9 Å². The lowest BCUT2D eigenvalue weighted by Gasteiger charge is -2.21. The van der Waals surface area contributed by atoms with Crippen molar-refractivity contribution in [3.63, 3.8) is 0 Å². The van der Waals surface area contributed by atoms with Gasteiger partial charge in [-0.15, -0.1) is 11.8 Å². The fraction of sp³-hybridized carbons (Fsp3) is 0.325. The molecule has 0 aliphatic heterocycles. The van der Waals surface area contributed by atoms with Gasteiger partial charge in [-0.3, -0.25) is 24.5 Å². The molecule has 4 rings (SSSR count). The van der Waals surface area contributed by atoms with E-state index in [0.29, 0.717) is 36.5 Å². The minimum absolute atomic E-state index is 0.00489. The van der Waals surface area contributed by atoms with Crippen LogP contribution in [0.1, 0.15) is 54.9 Å². The number of nitrogens with one attached hydrogen (secondary N) is 3. The van der Waals surface area contributed by atoms with Gasteiger partial charge in [0.15, 0.2) is 0 Å². The van der Waals surface area contributed by atoms with Crippen molar-refractivity contribution in [3.05, 3.63) is 112 Å². The number of nitrogens with zero attached hydrogens (tertiary/aromatic N) is 2. The second-order valence-electron chi connectivity index (χ2n) is 13.0. The fourth-order valence-electron chi connectivity index (χ4n) is 5.55. The molecule has 292 valence electrons. The van der Waals surface area contributed by atoms with E-state index < -0.39 is 37.5 Å². The summed E-state index contributed by atoms with van der Waals surface area (Å²) in [6.07, 6.45) is 4.04. The Kier molecular flexibility index (Phi) is 15.6. The third-order valence-corrected chi connectivity index (χ3v) is 11.1. The number of sulfonamides is 1. The van der Waals surface area contributed by atoms with Crippen molar-refractivity contribution < 1.29 is 32.5 Å². The van der Waals surface area contributed by atoms with Crippen molar-refractivity contribution in [2.75, 3.05) is 38.8 Å². The first kappa shape index (κ1) is 42.3. The predicted molar refractivity (Wildman–Crippen MR) is 215 cm³/mol. The average molecular weight is 790 g/mol. The molecule has 0 saturated heterocycles. The topological polar surface area (TPSA) is 177 Å². The van der Waals surface area contributed by atoms with Crippen LogP contribution >= 0.6 is 11.8 Å². The summed E-state index contributed by atoms with van der Waals surface area (Å²) < 4.78 is 34.2. The number of carbonyl (C=O) groups is 3. The Morgan fingerprint density at radius 1 is 0.945 bits per heavy atom. The second-order valence-corrected chi connectivity index (χ2v) is 15.8. The van der Waals surface area contributed by atoms with Crippen molar-refractivity contribution in [2.24, 2.45) is 0 Å². The number of amides is 3. The molecule has 0 aromatic heterocycles. The first-order valence-corrected chi connectivity index (χ1v) is 20.3. The summed E-state index contributed by atoms with van der Waals surface area (Å²) in [5.74, 6) is -0.147. The van der Waals surface area contributed by atoms with Crippen molar-refractivity contribution in [2.45, 2.75) is 61.3 Å². The van der Waals surface area contributed by atoms with Crippen LogP contribution in [0.5, 0.6) is 5.75 Å². The van der Waals surface area contributed by atoms with E-state index in [1.54, 1.807) is 26.2 Å². The van der Waals surface area contributed by atoms with Crippen LogP contribution in [-0.2, 0) is 26.0 Å². The van der Waals surface area contributed by atoms with Gasteiger partial charge in [-0.25, -0.2) is 13.1 Å². The zero-order valence-electron chi connectivity index (χ0n) is 31.4. The summed E-state index contributed by atoms with van der Waals surface area (Å²) in [5.41, 5.74) is 1.92. The van der Waals surface area contributed by atoms with Gasteiger partial charge in [-0.1, -0.05) is 62.2 Å². The average Bonchev–Trinajstić information content (AvgIpc) is 3.17. The summed E-state index contributed by atoms with van der Waals surface area (Å²) >= 11 is 1.47. The Morgan fingerprint density at radius 2 is 1.67 bits per heavy atom. The SMILES string of the molecule is CCCCCNC(=O)CCc1ccc(-c2ccc(C(=O)NS(=O)(=O)c3ccc(N[C@@H](CSc4ccccc4)CC(=O)N(C)C)c([N+](=O)[O-])c3)cc2)c(OC)c1. The Morgan fingerprint density at radius 3 is 2.33 bits per heavy atom. The van der Waals surface area contributed by atoms with Crippen LogP contribution in [0.25, 0.3) is 11.1 Å². The van der Waals surface area contributed by atoms with E-state index in [1.165, 1.54) is 48.0 Å². The van der Waals surface area contributed by atoms with E-state index in [0.717, 1.165) is 41.4 Å². The smallest absolute Gasteiger partial charge is 0.293 e. The first-order valence-electron chi connectivity index (χ1n) is 17.9. The highest BCUT2D eigenvalue weighted by Gasteiger charge is 2.26. The lowest BCUT2D eigenvalue weighted by Crippen LogP contribution is -2.32. The number of benzene rings is 4. The lowest BCUT2D eigenvalue weighted by molar-refractivity contribution is -0.384. The second kappa shape index (κ2) is 20.3. The number of carbonyl (C=O) groups excluding carboxylic acids is 3. The molecule has 0 spiro atoms. The molecule has 4 aromatic carbocycles. The highest BCUT2D eigenvalue weighted by molar-refractivity contribution is 7.99. The number of rotatable bonds is 20. The number of ether oxygens (including phenoxy) is 1. The van der Waals surface area contributed by atoms with Crippen LogP contribution in [0.3, 0.4) is 0 Å². The summed E-state index contributed by atoms with van der Waals surface area (Å²) in [7, 11) is 0.246. The molecule has 0 saturated carbocycles. The maximum atomic E-state index is 13.3. The number of methoxy groups -OCH3 is 1. The number of thioether (sulfide) groups is 1. The first-order chi connectivity index (χ1) is 26.3. The summed E-state index contributed by atoms with van der Waals surface area (Å²) in [6.45, 7) is 2.78. The number of hydrogen-bond acceptors (Lipinski definition) is 10. The highest BCUT2D eigenvalue weighted by atomic mass is 32.2. The number of nitro benzene ring substituents is 1. The Labute approximate surface area is 326 Å². The summed E-state index contributed by atoms with van der Waals surface area (Å²) in [6, 6.07) is 24.1. The number of unbranched alkanes of at least 4 members (excludes halogenated alkanes) is 2. The van der Waals surface area contributed by atoms with Crippen LogP contribution in [0, 0.1) is 10.1 Å². The summed E-state index contributed by atoms with van der Waals surface area (Å²) in [5, 5.41) is 18.1. The van der Waals surface area contributed by atoms with Crippen LogP contribution in [0.15, 0.2) is 101 Å². The van der Waals surface area contributed by atoms with Crippen LogP contribution in [0.4, 0.5) is 11.4 Å². The minimum atomic E-state index is -4.53. The van der Waals surface area contributed by atoms with Gasteiger partial charge in [0, 0.05) is 67.4 Å². The standard InChI is InChI=1S/C40H47N5O8S2/c1-5-6-10-23-41-38(46)22-14-28-13-20-34(37(24-28)53-4)29-15-17-30(18-16-29)40(48)43-55(51,52)33-19-21-35(36(26-33)45(49)50)42-31(25-39(47)44(2)3)27-54-32-11-8-7-9-12-32/h7-9,11-13,15-21,24,26,31,42H,5-6,10,14,22-23,25,27H2,1-4H3,(H,41,46)(H,43,48)/t31-/m1/s1. The molecule has 15 heteroatoms. The maximum Gasteiger partial charge on any atom is 0.293 e. The predicted octanol–water partition coefficient (Wildman–Crippen LogP) is 6.68. The Hall–Kier alpha value is -5.41. The molecule has 1 atom stereocenters. The lowest BCUT2D eigenvalue weighted by atomic mass is 9.99. The van der Waals surface area contributed by atoms with E-state index in [4.69, 9.17) is 4.74 Å². The third kappa shape index (κ3) is 12.6. The summed E-state index contributed by atoms with van der Waals surface area (Å²) in [4.78, 5) is 51.3. The van der Waals surface area contributed by atoms with Gasteiger partial charge in [-0.2, -0.15) is 0 Å². The molecular formula is C40H47N5O8S2. The van der Waals surface area contributed by atoms with Crippen LogP contribution in [-0.4, -0.2) is 75.5 Å². The van der Waals surface area contributed by atoms with Crippen molar-refractivity contribution in [1.29, 1.82) is 0 Å². The van der Waals surface area contributed by atoms with Crippen molar-refractivity contribution in [1.82, 2.24) is 14.9 Å². The largest absolute Gasteiger partial charge is 0.496 e. The Balaban J connectivity index is 1.44. The fourth-order valence-corrected chi connectivity index (χ4v) is 7.49. The molecule has 4 aromatic rings.